The molecule has 0 bridgehead atoms. The molecule has 8 heteroatoms. The van der Waals surface area contributed by atoms with Gasteiger partial charge in [0.2, 0.25) is 0 Å². The number of hydrogen-bond donors (Lipinski definition) is 3. The number of aromatic nitrogens is 2. The summed E-state index contributed by atoms with van der Waals surface area (Å²) in [5.41, 5.74) is 7.25. The zero-order valence-electron chi connectivity index (χ0n) is 14.8. The third kappa shape index (κ3) is 4.46. The van der Waals surface area contributed by atoms with E-state index >= 15 is 0 Å². The fourth-order valence-electron chi connectivity index (χ4n) is 3.16. The molecule has 1 saturated heterocycles. The van der Waals surface area contributed by atoms with Gasteiger partial charge >= 0.3 is 5.97 Å². The molecule has 0 saturated carbocycles. The lowest BCUT2D eigenvalue weighted by molar-refractivity contribution is -0.138. The molecule has 1 aliphatic heterocycles. The first-order chi connectivity index (χ1) is 12.9. The Balaban J connectivity index is 1.64. The Morgan fingerprint density at radius 1 is 1.11 bits per heavy atom. The SMILES string of the molecule is N=C(N)c1ccc(-c2ncc(C(=O)N3CCC(CC(=O)O)CC3)cn2)cc1. The third-order valence-electron chi connectivity index (χ3n) is 4.72. The Bertz CT molecular complexity index is 841. The van der Waals surface area contributed by atoms with Crippen molar-refractivity contribution in [3.63, 3.8) is 0 Å². The fourth-order valence-corrected chi connectivity index (χ4v) is 3.16. The second kappa shape index (κ2) is 7.94. The first-order valence-electron chi connectivity index (χ1n) is 8.72. The molecule has 3 rings (SSSR count). The number of carboxylic acid groups (broad SMARTS) is 1. The van der Waals surface area contributed by atoms with Crippen LogP contribution in [0.3, 0.4) is 0 Å². The van der Waals surface area contributed by atoms with Crippen molar-refractivity contribution in [2.45, 2.75) is 19.3 Å². The second-order valence-electron chi connectivity index (χ2n) is 6.62. The summed E-state index contributed by atoms with van der Waals surface area (Å²) in [6.45, 7) is 1.09. The first kappa shape index (κ1) is 18.5. The van der Waals surface area contributed by atoms with Crippen LogP contribution in [0.1, 0.15) is 35.2 Å². The number of amidine groups is 1. The summed E-state index contributed by atoms with van der Waals surface area (Å²) >= 11 is 0. The minimum absolute atomic E-state index is 0.00413. The molecule has 2 heterocycles. The van der Waals surface area contributed by atoms with Gasteiger partial charge in [0.1, 0.15) is 5.84 Å². The van der Waals surface area contributed by atoms with E-state index in [0.29, 0.717) is 42.9 Å². The van der Waals surface area contributed by atoms with Crippen molar-refractivity contribution >= 4 is 17.7 Å². The van der Waals surface area contributed by atoms with E-state index in [1.54, 1.807) is 29.2 Å². The Morgan fingerprint density at radius 2 is 1.70 bits per heavy atom. The summed E-state index contributed by atoms with van der Waals surface area (Å²) in [6.07, 6.45) is 4.56. The topological polar surface area (TPSA) is 133 Å². The number of benzene rings is 1. The van der Waals surface area contributed by atoms with Crippen molar-refractivity contribution in [3.8, 4) is 11.4 Å². The monoisotopic (exact) mass is 367 g/mol. The number of rotatable bonds is 5. The molecule has 1 aromatic carbocycles. The molecule has 0 aliphatic carbocycles. The number of nitrogen functional groups attached to an aromatic ring is 1. The molecule has 4 N–H and O–H groups in total. The van der Waals surface area contributed by atoms with E-state index in [1.165, 1.54) is 12.4 Å². The summed E-state index contributed by atoms with van der Waals surface area (Å²) in [4.78, 5) is 33.6. The van der Waals surface area contributed by atoms with E-state index in [4.69, 9.17) is 16.2 Å². The standard InChI is InChI=1S/C19H21N5O3/c20-17(21)13-1-3-14(4-2-13)18-22-10-15(11-23-18)19(27)24-7-5-12(6-8-24)9-16(25)26/h1-4,10-12H,5-9H2,(H3,20,21)(H,25,26). The Morgan fingerprint density at radius 3 is 2.22 bits per heavy atom. The molecule has 140 valence electrons. The van der Waals surface area contributed by atoms with Gasteiger partial charge in [-0.1, -0.05) is 24.3 Å². The van der Waals surface area contributed by atoms with Crippen LogP contribution in [-0.4, -0.2) is 50.8 Å². The molecule has 1 amide bonds. The van der Waals surface area contributed by atoms with Crippen LogP contribution >= 0.6 is 0 Å². The highest BCUT2D eigenvalue weighted by Gasteiger charge is 2.25. The number of hydrogen-bond acceptors (Lipinski definition) is 5. The van der Waals surface area contributed by atoms with E-state index in [2.05, 4.69) is 9.97 Å². The number of aliphatic carboxylic acids is 1. The van der Waals surface area contributed by atoms with Crippen LogP contribution < -0.4 is 5.73 Å². The third-order valence-corrected chi connectivity index (χ3v) is 4.72. The minimum Gasteiger partial charge on any atom is -0.481 e. The maximum absolute atomic E-state index is 12.6. The fraction of sp³-hybridized carbons (Fsp3) is 0.316. The van der Waals surface area contributed by atoms with Crippen molar-refractivity contribution in [2.24, 2.45) is 11.7 Å². The number of carboxylic acids is 1. The summed E-state index contributed by atoms with van der Waals surface area (Å²) in [5, 5.41) is 16.3. The number of carbonyl (C=O) groups excluding carboxylic acids is 1. The van der Waals surface area contributed by atoms with E-state index in [1.807, 2.05) is 0 Å². The molecule has 27 heavy (non-hydrogen) atoms. The zero-order valence-corrected chi connectivity index (χ0v) is 14.8. The van der Waals surface area contributed by atoms with Crippen molar-refractivity contribution in [2.75, 3.05) is 13.1 Å². The zero-order chi connectivity index (χ0) is 19.4. The van der Waals surface area contributed by atoms with Crippen LogP contribution in [0.15, 0.2) is 36.7 Å². The van der Waals surface area contributed by atoms with E-state index in [9.17, 15) is 9.59 Å². The van der Waals surface area contributed by atoms with Crippen LogP contribution in [0.5, 0.6) is 0 Å². The molecule has 1 fully saturated rings. The van der Waals surface area contributed by atoms with Crippen molar-refractivity contribution in [3.05, 3.63) is 47.8 Å². The van der Waals surface area contributed by atoms with Gasteiger partial charge in [-0.3, -0.25) is 15.0 Å². The number of carbonyl (C=O) groups is 2. The van der Waals surface area contributed by atoms with Crippen LogP contribution in [0.2, 0.25) is 0 Å². The van der Waals surface area contributed by atoms with E-state index < -0.39 is 5.97 Å². The van der Waals surface area contributed by atoms with Gasteiger partial charge in [0.15, 0.2) is 5.82 Å². The number of nitrogens with one attached hydrogen (secondary N) is 1. The molecular formula is C19H21N5O3. The summed E-state index contributed by atoms with van der Waals surface area (Å²) in [7, 11) is 0. The molecule has 1 aromatic heterocycles. The average Bonchev–Trinajstić information content (AvgIpc) is 2.68. The highest BCUT2D eigenvalue weighted by Crippen LogP contribution is 2.22. The van der Waals surface area contributed by atoms with Crippen molar-refractivity contribution < 1.29 is 14.7 Å². The average molecular weight is 367 g/mol. The molecular weight excluding hydrogens is 346 g/mol. The lowest BCUT2D eigenvalue weighted by Crippen LogP contribution is -2.39. The van der Waals surface area contributed by atoms with Gasteiger partial charge in [-0.25, -0.2) is 9.97 Å². The number of nitrogens with two attached hydrogens (primary N) is 1. The minimum atomic E-state index is -0.792. The normalized spacial score (nSPS) is 14.7. The highest BCUT2D eigenvalue weighted by atomic mass is 16.4. The molecule has 0 atom stereocenters. The summed E-state index contributed by atoms with van der Waals surface area (Å²) in [5.74, 6) is -0.317. The molecule has 0 radical (unpaired) electrons. The number of likely N-dealkylation sites (tertiary alicyclic amines) is 1. The van der Waals surface area contributed by atoms with E-state index in [-0.39, 0.29) is 24.1 Å². The van der Waals surface area contributed by atoms with Crippen LogP contribution in [0.4, 0.5) is 0 Å². The largest absolute Gasteiger partial charge is 0.481 e. The predicted molar refractivity (Wildman–Crippen MR) is 99.4 cm³/mol. The van der Waals surface area contributed by atoms with Gasteiger partial charge in [0.05, 0.1) is 5.56 Å². The lowest BCUT2D eigenvalue weighted by Gasteiger charge is -2.31. The quantitative estimate of drug-likeness (QED) is 0.545. The van der Waals surface area contributed by atoms with Gasteiger partial charge in [0.25, 0.3) is 5.91 Å². The Kier molecular flexibility index (Phi) is 5.44. The summed E-state index contributed by atoms with van der Waals surface area (Å²) < 4.78 is 0. The van der Waals surface area contributed by atoms with Gasteiger partial charge in [-0.2, -0.15) is 0 Å². The number of piperidine rings is 1. The van der Waals surface area contributed by atoms with E-state index in [0.717, 1.165) is 5.56 Å². The molecule has 8 nitrogen and oxygen atoms in total. The van der Waals surface area contributed by atoms with Crippen molar-refractivity contribution in [1.82, 2.24) is 14.9 Å². The maximum Gasteiger partial charge on any atom is 0.303 e. The molecule has 2 aromatic rings. The van der Waals surface area contributed by atoms with Crippen molar-refractivity contribution in [1.29, 1.82) is 5.41 Å². The summed E-state index contributed by atoms with van der Waals surface area (Å²) in [6, 6.07) is 7.00. The van der Waals surface area contributed by atoms with Crippen LogP contribution in [0, 0.1) is 11.3 Å². The Hall–Kier alpha value is -3.29. The number of nitrogens with zero attached hydrogens (tertiary/aromatic N) is 3. The molecule has 0 unspecified atom stereocenters. The van der Waals surface area contributed by atoms with Gasteiger partial charge < -0.3 is 15.7 Å². The van der Waals surface area contributed by atoms with Crippen LogP contribution in [0.25, 0.3) is 11.4 Å². The Labute approximate surface area is 156 Å². The van der Waals surface area contributed by atoms with Gasteiger partial charge in [-0.15, -0.1) is 0 Å². The highest BCUT2D eigenvalue weighted by molar-refractivity contribution is 5.95. The van der Waals surface area contributed by atoms with Gasteiger partial charge in [0, 0.05) is 43.0 Å². The lowest BCUT2D eigenvalue weighted by atomic mass is 9.93. The van der Waals surface area contributed by atoms with Gasteiger partial charge in [-0.05, 0) is 18.8 Å². The smallest absolute Gasteiger partial charge is 0.303 e. The molecule has 0 spiro atoms. The second-order valence-corrected chi connectivity index (χ2v) is 6.62. The van der Waals surface area contributed by atoms with Crippen LogP contribution in [-0.2, 0) is 4.79 Å². The maximum atomic E-state index is 12.6. The predicted octanol–water partition coefficient (Wildman–Crippen LogP) is 1.75. The number of amides is 1. The molecule has 1 aliphatic rings. The first-order valence-corrected chi connectivity index (χ1v) is 8.72.